The van der Waals surface area contributed by atoms with Crippen molar-refractivity contribution in [2.45, 2.75) is 19.4 Å². The number of rotatable bonds is 5. The van der Waals surface area contributed by atoms with Crippen LogP contribution < -0.4 is 10.2 Å². The monoisotopic (exact) mass is 251 g/mol. The normalized spacial score (nSPS) is 19.9. The van der Waals surface area contributed by atoms with Crippen LogP contribution in [0.2, 0.25) is 0 Å². The molecule has 2 N–H and O–H groups in total. The quantitative estimate of drug-likeness (QED) is 0.820. The number of hydrogen-bond acceptors (Lipinski definition) is 5. The standard InChI is InChI=1S/C13H21N3O2/c1-2-6-14-12-4-3-5-13(15-12)16-7-8-18-11(9-16)10-17/h3-5,11,17H,2,6-10H2,1H3,(H,14,15). The minimum atomic E-state index is -0.104. The first-order valence-electron chi connectivity index (χ1n) is 6.52. The van der Waals surface area contributed by atoms with Gasteiger partial charge < -0.3 is 20.1 Å². The van der Waals surface area contributed by atoms with Crippen molar-refractivity contribution < 1.29 is 9.84 Å². The van der Waals surface area contributed by atoms with E-state index in [0.29, 0.717) is 13.2 Å². The first kappa shape index (κ1) is 13.1. The van der Waals surface area contributed by atoms with Crippen molar-refractivity contribution in [3.63, 3.8) is 0 Å². The lowest BCUT2D eigenvalue weighted by Crippen LogP contribution is -2.44. The van der Waals surface area contributed by atoms with Crippen LogP contribution >= 0.6 is 0 Å². The van der Waals surface area contributed by atoms with Crippen molar-refractivity contribution in [1.29, 1.82) is 0 Å². The number of aromatic nitrogens is 1. The smallest absolute Gasteiger partial charge is 0.131 e. The van der Waals surface area contributed by atoms with E-state index in [0.717, 1.165) is 31.1 Å². The molecule has 0 aliphatic carbocycles. The van der Waals surface area contributed by atoms with Crippen molar-refractivity contribution in [3.05, 3.63) is 18.2 Å². The highest BCUT2D eigenvalue weighted by molar-refractivity contribution is 5.47. The molecule has 0 spiro atoms. The maximum atomic E-state index is 9.14. The molecule has 0 bridgehead atoms. The van der Waals surface area contributed by atoms with E-state index in [1.807, 2.05) is 18.2 Å². The summed E-state index contributed by atoms with van der Waals surface area (Å²) in [4.78, 5) is 6.73. The zero-order chi connectivity index (χ0) is 12.8. The van der Waals surface area contributed by atoms with Crippen LogP contribution in [0.5, 0.6) is 0 Å². The summed E-state index contributed by atoms with van der Waals surface area (Å²) in [6, 6.07) is 5.98. The summed E-state index contributed by atoms with van der Waals surface area (Å²) in [6.07, 6.45) is 0.976. The molecule has 1 saturated heterocycles. The second kappa shape index (κ2) is 6.56. The van der Waals surface area contributed by atoms with E-state index in [1.54, 1.807) is 0 Å². The van der Waals surface area contributed by atoms with Gasteiger partial charge in [-0.15, -0.1) is 0 Å². The average Bonchev–Trinajstić information content (AvgIpc) is 2.45. The van der Waals surface area contributed by atoms with Gasteiger partial charge in [-0.3, -0.25) is 0 Å². The first-order chi connectivity index (χ1) is 8.83. The van der Waals surface area contributed by atoms with Crippen LogP contribution in [0.25, 0.3) is 0 Å². The molecule has 1 aromatic rings. The third-order valence-electron chi connectivity index (χ3n) is 2.96. The number of ether oxygens (including phenoxy) is 1. The highest BCUT2D eigenvalue weighted by atomic mass is 16.5. The molecule has 5 nitrogen and oxygen atoms in total. The van der Waals surface area contributed by atoms with Gasteiger partial charge >= 0.3 is 0 Å². The number of nitrogens with zero attached hydrogens (tertiary/aromatic N) is 2. The molecule has 2 heterocycles. The molecule has 18 heavy (non-hydrogen) atoms. The molecule has 1 atom stereocenters. The fraction of sp³-hybridized carbons (Fsp3) is 0.615. The molecule has 2 rings (SSSR count). The molecular weight excluding hydrogens is 230 g/mol. The Hall–Kier alpha value is -1.33. The molecule has 0 radical (unpaired) electrons. The Morgan fingerprint density at radius 3 is 3.22 bits per heavy atom. The van der Waals surface area contributed by atoms with E-state index in [2.05, 4.69) is 22.1 Å². The van der Waals surface area contributed by atoms with Crippen molar-refractivity contribution >= 4 is 11.6 Å². The summed E-state index contributed by atoms with van der Waals surface area (Å²) in [7, 11) is 0. The van der Waals surface area contributed by atoms with E-state index in [1.165, 1.54) is 0 Å². The third kappa shape index (κ3) is 3.34. The molecule has 5 heteroatoms. The van der Waals surface area contributed by atoms with E-state index in [4.69, 9.17) is 9.84 Å². The highest BCUT2D eigenvalue weighted by Gasteiger charge is 2.20. The Morgan fingerprint density at radius 1 is 1.56 bits per heavy atom. The van der Waals surface area contributed by atoms with Crippen molar-refractivity contribution in [3.8, 4) is 0 Å². The molecule has 1 unspecified atom stereocenters. The predicted octanol–water partition coefficient (Wildman–Crippen LogP) is 1.10. The summed E-state index contributed by atoms with van der Waals surface area (Å²) < 4.78 is 5.44. The predicted molar refractivity (Wildman–Crippen MR) is 72.1 cm³/mol. The zero-order valence-electron chi connectivity index (χ0n) is 10.8. The Labute approximate surface area is 108 Å². The lowest BCUT2D eigenvalue weighted by Gasteiger charge is -2.33. The molecule has 0 aromatic carbocycles. The summed E-state index contributed by atoms with van der Waals surface area (Å²) in [5.74, 6) is 1.85. The Bertz CT molecular complexity index is 373. The minimum absolute atomic E-state index is 0.0598. The van der Waals surface area contributed by atoms with Crippen molar-refractivity contribution in [2.75, 3.05) is 43.1 Å². The van der Waals surface area contributed by atoms with Crippen molar-refractivity contribution in [2.24, 2.45) is 0 Å². The molecule has 100 valence electrons. The highest BCUT2D eigenvalue weighted by Crippen LogP contribution is 2.17. The topological polar surface area (TPSA) is 57.6 Å². The first-order valence-corrected chi connectivity index (χ1v) is 6.52. The fourth-order valence-electron chi connectivity index (χ4n) is 1.99. The lowest BCUT2D eigenvalue weighted by molar-refractivity contribution is 0.00337. The SMILES string of the molecule is CCCNc1cccc(N2CCOC(CO)C2)n1. The van der Waals surface area contributed by atoms with Gasteiger partial charge in [0.25, 0.3) is 0 Å². The average molecular weight is 251 g/mol. The summed E-state index contributed by atoms with van der Waals surface area (Å²) in [5, 5.41) is 12.4. The van der Waals surface area contributed by atoms with Crippen LogP contribution in [0, 0.1) is 0 Å². The Balaban J connectivity index is 2.02. The minimum Gasteiger partial charge on any atom is -0.394 e. The Morgan fingerprint density at radius 2 is 2.44 bits per heavy atom. The van der Waals surface area contributed by atoms with Crippen LogP contribution in [0.3, 0.4) is 0 Å². The van der Waals surface area contributed by atoms with Crippen LogP contribution in [-0.2, 0) is 4.74 Å². The van der Waals surface area contributed by atoms with Crippen LogP contribution in [0.4, 0.5) is 11.6 Å². The largest absolute Gasteiger partial charge is 0.394 e. The molecule has 1 aromatic heterocycles. The van der Waals surface area contributed by atoms with E-state index in [9.17, 15) is 0 Å². The van der Waals surface area contributed by atoms with Gasteiger partial charge in [0.15, 0.2) is 0 Å². The van der Waals surface area contributed by atoms with Gasteiger partial charge in [-0.25, -0.2) is 4.98 Å². The number of pyridine rings is 1. The van der Waals surface area contributed by atoms with Gasteiger partial charge in [0, 0.05) is 19.6 Å². The number of morpholine rings is 1. The summed E-state index contributed by atoms with van der Waals surface area (Å²) in [6.45, 7) is 5.27. The maximum Gasteiger partial charge on any atom is 0.131 e. The molecule has 0 saturated carbocycles. The van der Waals surface area contributed by atoms with E-state index >= 15 is 0 Å². The molecule has 1 aliphatic rings. The van der Waals surface area contributed by atoms with Crippen LogP contribution in [0.15, 0.2) is 18.2 Å². The molecule has 1 fully saturated rings. The number of anilines is 2. The molecule has 0 amide bonds. The van der Waals surface area contributed by atoms with Gasteiger partial charge in [0.1, 0.15) is 11.6 Å². The van der Waals surface area contributed by atoms with Gasteiger partial charge in [0.05, 0.1) is 19.3 Å². The Kier molecular flexibility index (Phi) is 4.78. The molecular formula is C13H21N3O2. The number of hydrogen-bond donors (Lipinski definition) is 2. The van der Waals surface area contributed by atoms with Gasteiger partial charge in [0.2, 0.25) is 0 Å². The number of aliphatic hydroxyl groups excluding tert-OH is 1. The van der Waals surface area contributed by atoms with E-state index in [-0.39, 0.29) is 12.7 Å². The number of nitrogens with one attached hydrogen (secondary N) is 1. The maximum absolute atomic E-state index is 9.14. The second-order valence-electron chi connectivity index (χ2n) is 4.43. The van der Waals surface area contributed by atoms with E-state index < -0.39 is 0 Å². The lowest BCUT2D eigenvalue weighted by atomic mass is 10.2. The second-order valence-corrected chi connectivity index (χ2v) is 4.43. The van der Waals surface area contributed by atoms with Gasteiger partial charge in [-0.2, -0.15) is 0 Å². The number of aliphatic hydroxyl groups is 1. The van der Waals surface area contributed by atoms with Gasteiger partial charge in [-0.05, 0) is 18.6 Å². The summed E-state index contributed by atoms with van der Waals surface area (Å²) in [5.41, 5.74) is 0. The zero-order valence-corrected chi connectivity index (χ0v) is 10.8. The summed E-state index contributed by atoms with van der Waals surface area (Å²) >= 11 is 0. The van der Waals surface area contributed by atoms with Crippen molar-refractivity contribution in [1.82, 2.24) is 4.98 Å². The fourth-order valence-corrected chi connectivity index (χ4v) is 1.99. The van der Waals surface area contributed by atoms with Gasteiger partial charge in [-0.1, -0.05) is 13.0 Å². The van der Waals surface area contributed by atoms with Crippen LogP contribution in [0.1, 0.15) is 13.3 Å². The van der Waals surface area contributed by atoms with Crippen LogP contribution in [-0.4, -0.2) is 49.0 Å². The molecule has 1 aliphatic heterocycles. The third-order valence-corrected chi connectivity index (χ3v) is 2.96.